The molecular formula is C15H12ClF3N2O2. The third-order valence-electron chi connectivity index (χ3n) is 2.92. The molecular weight excluding hydrogens is 333 g/mol. The molecule has 4 nitrogen and oxygen atoms in total. The van der Waals surface area contributed by atoms with Gasteiger partial charge in [0, 0.05) is 12.6 Å². The van der Waals surface area contributed by atoms with Crippen LogP contribution in [0.3, 0.4) is 0 Å². The van der Waals surface area contributed by atoms with Gasteiger partial charge in [-0.2, -0.15) is 13.2 Å². The van der Waals surface area contributed by atoms with Crippen molar-refractivity contribution in [3.8, 4) is 5.75 Å². The van der Waals surface area contributed by atoms with Crippen molar-refractivity contribution in [3.63, 3.8) is 0 Å². The Morgan fingerprint density at radius 2 is 1.91 bits per heavy atom. The number of benzene rings is 1. The Morgan fingerprint density at radius 3 is 2.43 bits per heavy atom. The summed E-state index contributed by atoms with van der Waals surface area (Å²) in [6.07, 6.45) is -3.45. The number of aromatic nitrogens is 1. The van der Waals surface area contributed by atoms with E-state index in [1.807, 2.05) is 0 Å². The molecule has 0 bridgehead atoms. The van der Waals surface area contributed by atoms with Crippen molar-refractivity contribution in [2.45, 2.75) is 12.6 Å². The number of halogens is 4. The predicted octanol–water partition coefficient (Wildman–Crippen LogP) is 3.21. The second kappa shape index (κ2) is 6.87. The molecule has 2 aromatic rings. The van der Waals surface area contributed by atoms with Gasteiger partial charge in [-0.25, -0.2) is 0 Å². The Labute approximate surface area is 135 Å². The van der Waals surface area contributed by atoms with Gasteiger partial charge in [0.1, 0.15) is 5.75 Å². The first-order chi connectivity index (χ1) is 10.8. The molecule has 0 aliphatic carbocycles. The highest BCUT2D eigenvalue weighted by Gasteiger charge is 2.31. The van der Waals surface area contributed by atoms with E-state index in [2.05, 4.69) is 4.98 Å². The lowest BCUT2D eigenvalue weighted by atomic mass is 10.1. The van der Waals surface area contributed by atoms with E-state index in [0.29, 0.717) is 11.4 Å². The average molecular weight is 345 g/mol. The number of nitrogens with zero attached hydrogens (tertiary/aromatic N) is 1. The molecule has 0 atom stereocenters. The Bertz CT molecular complexity index is 703. The SMILES string of the molecule is NC(=O)COc1ccc(Cc2ncc(C(F)(F)F)cc2Cl)cc1. The molecule has 0 aliphatic rings. The summed E-state index contributed by atoms with van der Waals surface area (Å²) >= 11 is 5.86. The largest absolute Gasteiger partial charge is 0.484 e. The molecule has 0 spiro atoms. The van der Waals surface area contributed by atoms with Gasteiger partial charge >= 0.3 is 6.18 Å². The maximum absolute atomic E-state index is 12.6. The summed E-state index contributed by atoms with van der Waals surface area (Å²) in [6.45, 7) is -0.231. The number of pyridine rings is 1. The van der Waals surface area contributed by atoms with E-state index in [-0.39, 0.29) is 18.1 Å². The average Bonchev–Trinajstić information content (AvgIpc) is 2.47. The highest BCUT2D eigenvalue weighted by Crippen LogP contribution is 2.31. The maximum atomic E-state index is 12.6. The van der Waals surface area contributed by atoms with Crippen molar-refractivity contribution in [1.29, 1.82) is 0 Å². The normalized spacial score (nSPS) is 11.3. The highest BCUT2D eigenvalue weighted by atomic mass is 35.5. The fraction of sp³-hybridized carbons (Fsp3) is 0.200. The Balaban J connectivity index is 2.09. The fourth-order valence-corrected chi connectivity index (χ4v) is 2.04. The van der Waals surface area contributed by atoms with Crippen molar-refractivity contribution in [1.82, 2.24) is 4.98 Å². The van der Waals surface area contributed by atoms with Gasteiger partial charge in [-0.3, -0.25) is 9.78 Å². The summed E-state index contributed by atoms with van der Waals surface area (Å²) in [6, 6.07) is 7.50. The number of hydrogen-bond acceptors (Lipinski definition) is 3. The van der Waals surface area contributed by atoms with Crippen LogP contribution in [0.25, 0.3) is 0 Å². The number of alkyl halides is 3. The van der Waals surface area contributed by atoms with Crippen LogP contribution in [0.1, 0.15) is 16.8 Å². The van der Waals surface area contributed by atoms with E-state index >= 15 is 0 Å². The van der Waals surface area contributed by atoms with Crippen LogP contribution in [0.15, 0.2) is 36.5 Å². The molecule has 2 N–H and O–H groups in total. The summed E-state index contributed by atoms with van der Waals surface area (Å²) in [7, 11) is 0. The minimum absolute atomic E-state index is 0.0473. The smallest absolute Gasteiger partial charge is 0.417 e. The molecule has 0 unspecified atom stereocenters. The second-order valence-electron chi connectivity index (χ2n) is 4.73. The van der Waals surface area contributed by atoms with Gasteiger partial charge in [-0.05, 0) is 23.8 Å². The molecule has 1 aromatic carbocycles. The van der Waals surface area contributed by atoms with Crippen molar-refractivity contribution >= 4 is 17.5 Å². The molecule has 0 saturated heterocycles. The van der Waals surface area contributed by atoms with Crippen LogP contribution < -0.4 is 10.5 Å². The molecule has 1 heterocycles. The third-order valence-corrected chi connectivity index (χ3v) is 3.25. The summed E-state index contributed by atoms with van der Waals surface area (Å²) in [5.41, 5.74) is 5.20. The van der Waals surface area contributed by atoms with Gasteiger partial charge in [0.15, 0.2) is 6.61 Å². The fourth-order valence-electron chi connectivity index (χ4n) is 1.80. The van der Waals surface area contributed by atoms with Crippen LogP contribution >= 0.6 is 11.6 Å². The van der Waals surface area contributed by atoms with Crippen molar-refractivity contribution in [2.75, 3.05) is 6.61 Å². The number of carbonyl (C=O) groups excluding carboxylic acids is 1. The molecule has 0 aliphatic heterocycles. The molecule has 0 fully saturated rings. The maximum Gasteiger partial charge on any atom is 0.417 e. The number of primary amides is 1. The Hall–Kier alpha value is -2.28. The van der Waals surface area contributed by atoms with Crippen LogP contribution in [0, 0.1) is 0 Å². The van der Waals surface area contributed by atoms with E-state index in [4.69, 9.17) is 22.1 Å². The monoisotopic (exact) mass is 344 g/mol. The summed E-state index contributed by atoms with van der Waals surface area (Å²) in [5, 5.41) is -0.0473. The topological polar surface area (TPSA) is 65.2 Å². The lowest BCUT2D eigenvalue weighted by Gasteiger charge is -2.09. The van der Waals surface area contributed by atoms with Crippen LogP contribution in [0.4, 0.5) is 13.2 Å². The van der Waals surface area contributed by atoms with E-state index in [1.54, 1.807) is 24.3 Å². The van der Waals surface area contributed by atoms with Crippen LogP contribution in [0.2, 0.25) is 5.02 Å². The standard InChI is InChI=1S/C15H12ClF3N2O2/c16-12-6-10(15(17,18)19)7-21-13(12)5-9-1-3-11(4-2-9)23-8-14(20)22/h1-4,6-7H,5,8H2,(H2,20,22). The lowest BCUT2D eigenvalue weighted by molar-refractivity contribution is -0.137. The van der Waals surface area contributed by atoms with Crippen LogP contribution in [-0.2, 0) is 17.4 Å². The second-order valence-corrected chi connectivity index (χ2v) is 5.13. The van der Waals surface area contributed by atoms with Gasteiger partial charge in [0.2, 0.25) is 0 Å². The molecule has 1 amide bonds. The number of carbonyl (C=O) groups is 1. The number of ether oxygens (including phenoxy) is 1. The van der Waals surface area contributed by atoms with Gasteiger partial charge in [-0.1, -0.05) is 23.7 Å². The summed E-state index contributed by atoms with van der Waals surface area (Å²) in [4.78, 5) is 14.4. The number of nitrogens with two attached hydrogens (primary N) is 1. The number of rotatable bonds is 5. The van der Waals surface area contributed by atoms with Gasteiger partial charge in [-0.15, -0.1) is 0 Å². The van der Waals surface area contributed by atoms with E-state index in [0.717, 1.165) is 17.8 Å². The quantitative estimate of drug-likeness (QED) is 0.905. The van der Waals surface area contributed by atoms with Crippen molar-refractivity contribution in [2.24, 2.45) is 5.73 Å². The highest BCUT2D eigenvalue weighted by molar-refractivity contribution is 6.31. The number of hydrogen-bond donors (Lipinski definition) is 1. The minimum atomic E-state index is -4.48. The summed E-state index contributed by atoms with van der Waals surface area (Å²) in [5.74, 6) is -0.131. The molecule has 23 heavy (non-hydrogen) atoms. The Kier molecular flexibility index (Phi) is 5.10. The first-order valence-corrected chi connectivity index (χ1v) is 6.85. The third kappa shape index (κ3) is 4.85. The summed E-state index contributed by atoms with van der Waals surface area (Å²) < 4.78 is 42.8. The van der Waals surface area contributed by atoms with Crippen molar-refractivity contribution in [3.05, 3.63) is 58.4 Å². The van der Waals surface area contributed by atoms with Crippen molar-refractivity contribution < 1.29 is 22.7 Å². The minimum Gasteiger partial charge on any atom is -0.484 e. The zero-order valence-electron chi connectivity index (χ0n) is 11.7. The zero-order chi connectivity index (χ0) is 17.0. The zero-order valence-corrected chi connectivity index (χ0v) is 12.5. The molecule has 0 radical (unpaired) electrons. The van der Waals surface area contributed by atoms with Gasteiger partial charge in [0.25, 0.3) is 5.91 Å². The molecule has 1 aromatic heterocycles. The molecule has 0 saturated carbocycles. The molecule has 2 rings (SSSR count). The first kappa shape index (κ1) is 17.1. The molecule has 8 heteroatoms. The van der Waals surface area contributed by atoms with Gasteiger partial charge < -0.3 is 10.5 Å². The van der Waals surface area contributed by atoms with E-state index in [1.165, 1.54) is 0 Å². The first-order valence-electron chi connectivity index (χ1n) is 6.47. The molecule has 122 valence electrons. The van der Waals surface area contributed by atoms with Gasteiger partial charge in [0.05, 0.1) is 16.3 Å². The van der Waals surface area contributed by atoms with E-state index < -0.39 is 17.6 Å². The van der Waals surface area contributed by atoms with Crippen LogP contribution in [-0.4, -0.2) is 17.5 Å². The number of amides is 1. The van der Waals surface area contributed by atoms with Crippen LogP contribution in [0.5, 0.6) is 5.75 Å². The lowest BCUT2D eigenvalue weighted by Crippen LogP contribution is -2.19. The van der Waals surface area contributed by atoms with E-state index in [9.17, 15) is 18.0 Å². The predicted molar refractivity (Wildman–Crippen MR) is 78.2 cm³/mol. The Morgan fingerprint density at radius 1 is 1.26 bits per heavy atom.